The molecule has 1 aromatic heterocycles. The van der Waals surface area contributed by atoms with Gasteiger partial charge in [-0.05, 0) is 31.2 Å². The van der Waals surface area contributed by atoms with Gasteiger partial charge in [0.15, 0.2) is 0 Å². The van der Waals surface area contributed by atoms with E-state index in [-0.39, 0.29) is 5.91 Å². The molecule has 0 bridgehead atoms. The summed E-state index contributed by atoms with van der Waals surface area (Å²) in [6.45, 7) is 3.52. The van der Waals surface area contributed by atoms with Gasteiger partial charge in [-0.25, -0.2) is 0 Å². The van der Waals surface area contributed by atoms with Gasteiger partial charge in [0.05, 0.1) is 5.52 Å². The van der Waals surface area contributed by atoms with Crippen molar-refractivity contribution >= 4 is 22.5 Å². The summed E-state index contributed by atoms with van der Waals surface area (Å²) in [5.74, 6) is 0.0272. The molecule has 0 aliphatic carbocycles. The van der Waals surface area contributed by atoms with Gasteiger partial charge in [-0.2, -0.15) is 0 Å². The van der Waals surface area contributed by atoms with Crippen LogP contribution in [-0.2, 0) is 4.79 Å². The molecule has 0 atom stereocenters. The lowest BCUT2D eigenvalue weighted by atomic mass is 10.1. The Bertz CT molecular complexity index is 549. The minimum atomic E-state index is 0.0272. The van der Waals surface area contributed by atoms with Crippen LogP contribution in [0.5, 0.6) is 0 Å². The summed E-state index contributed by atoms with van der Waals surface area (Å²) in [7, 11) is 1.77. The van der Waals surface area contributed by atoms with Gasteiger partial charge in [-0.1, -0.05) is 6.07 Å². The summed E-state index contributed by atoms with van der Waals surface area (Å²) in [5.41, 5.74) is 2.85. The maximum Gasteiger partial charge on any atom is 0.223 e. The second kappa shape index (κ2) is 3.93. The molecular formula is C13H14N2O. The van der Waals surface area contributed by atoms with Crippen LogP contribution in [0.25, 0.3) is 10.9 Å². The van der Waals surface area contributed by atoms with Crippen molar-refractivity contribution in [2.75, 3.05) is 11.9 Å². The zero-order valence-electron chi connectivity index (χ0n) is 9.69. The second-order valence-corrected chi connectivity index (χ2v) is 3.91. The Hall–Kier alpha value is -1.90. The molecule has 0 spiro atoms. The van der Waals surface area contributed by atoms with E-state index in [1.165, 1.54) is 0 Å². The number of benzene rings is 1. The highest BCUT2D eigenvalue weighted by molar-refractivity contribution is 5.93. The molecule has 16 heavy (non-hydrogen) atoms. The van der Waals surface area contributed by atoms with Crippen LogP contribution in [0, 0.1) is 6.92 Å². The number of amides is 1. The van der Waals surface area contributed by atoms with Crippen molar-refractivity contribution in [3.05, 3.63) is 36.0 Å². The van der Waals surface area contributed by atoms with Crippen LogP contribution in [0.4, 0.5) is 5.69 Å². The van der Waals surface area contributed by atoms with Gasteiger partial charge in [0, 0.05) is 30.7 Å². The van der Waals surface area contributed by atoms with Crippen molar-refractivity contribution in [2.24, 2.45) is 0 Å². The Morgan fingerprint density at radius 1 is 1.25 bits per heavy atom. The summed E-state index contributed by atoms with van der Waals surface area (Å²) in [6.07, 6.45) is 0. The minimum absolute atomic E-state index is 0.0272. The molecule has 1 heterocycles. The van der Waals surface area contributed by atoms with E-state index in [2.05, 4.69) is 4.98 Å². The molecule has 3 heteroatoms. The van der Waals surface area contributed by atoms with Crippen molar-refractivity contribution in [3.8, 4) is 0 Å². The van der Waals surface area contributed by atoms with Crippen LogP contribution in [0.1, 0.15) is 12.6 Å². The summed E-state index contributed by atoms with van der Waals surface area (Å²) in [6, 6.07) is 9.82. The third-order valence-electron chi connectivity index (χ3n) is 2.67. The van der Waals surface area contributed by atoms with Gasteiger partial charge < -0.3 is 4.90 Å². The van der Waals surface area contributed by atoms with Crippen LogP contribution >= 0.6 is 0 Å². The van der Waals surface area contributed by atoms with E-state index in [1.807, 2.05) is 37.3 Å². The van der Waals surface area contributed by atoms with E-state index in [0.717, 1.165) is 22.3 Å². The van der Waals surface area contributed by atoms with Gasteiger partial charge in [0.1, 0.15) is 0 Å². The first-order valence-corrected chi connectivity index (χ1v) is 5.19. The maximum absolute atomic E-state index is 11.2. The normalized spacial score (nSPS) is 10.4. The Labute approximate surface area is 94.7 Å². The first-order valence-electron chi connectivity index (χ1n) is 5.19. The van der Waals surface area contributed by atoms with E-state index in [1.54, 1.807) is 18.9 Å². The third-order valence-corrected chi connectivity index (χ3v) is 2.67. The number of aryl methyl sites for hydroxylation is 1. The molecular weight excluding hydrogens is 200 g/mol. The molecule has 0 aliphatic heterocycles. The standard InChI is InChI=1S/C13H14N2O/c1-9-4-5-11-8-12(15(3)10(2)16)6-7-13(11)14-9/h4-8H,1-3H3. The predicted octanol–water partition coefficient (Wildman–Crippen LogP) is 2.53. The summed E-state index contributed by atoms with van der Waals surface area (Å²) >= 11 is 0. The number of carbonyl (C=O) groups excluding carboxylic acids is 1. The number of hydrogen-bond donors (Lipinski definition) is 0. The number of pyridine rings is 1. The van der Waals surface area contributed by atoms with Crippen molar-refractivity contribution in [1.29, 1.82) is 0 Å². The van der Waals surface area contributed by atoms with Crippen molar-refractivity contribution in [3.63, 3.8) is 0 Å². The Morgan fingerprint density at radius 2 is 2.00 bits per heavy atom. The SMILES string of the molecule is CC(=O)N(C)c1ccc2nc(C)ccc2c1. The average molecular weight is 214 g/mol. The summed E-state index contributed by atoms with van der Waals surface area (Å²) in [4.78, 5) is 17.3. The number of anilines is 1. The number of nitrogens with zero attached hydrogens (tertiary/aromatic N) is 2. The van der Waals surface area contributed by atoms with E-state index >= 15 is 0 Å². The molecule has 2 rings (SSSR count). The summed E-state index contributed by atoms with van der Waals surface area (Å²) < 4.78 is 0. The van der Waals surface area contributed by atoms with Gasteiger partial charge in [0.2, 0.25) is 5.91 Å². The topological polar surface area (TPSA) is 33.2 Å². The fraction of sp³-hybridized carbons (Fsp3) is 0.231. The van der Waals surface area contributed by atoms with Gasteiger partial charge in [-0.15, -0.1) is 0 Å². The van der Waals surface area contributed by atoms with Gasteiger partial charge in [-0.3, -0.25) is 9.78 Å². The molecule has 1 aromatic carbocycles. The lowest BCUT2D eigenvalue weighted by Gasteiger charge is -2.15. The third kappa shape index (κ3) is 1.89. The summed E-state index contributed by atoms with van der Waals surface area (Å²) in [5, 5.41) is 1.05. The van der Waals surface area contributed by atoms with Crippen LogP contribution in [0.2, 0.25) is 0 Å². The van der Waals surface area contributed by atoms with E-state index in [9.17, 15) is 4.79 Å². The van der Waals surface area contributed by atoms with E-state index < -0.39 is 0 Å². The smallest absolute Gasteiger partial charge is 0.223 e. The Morgan fingerprint density at radius 3 is 2.69 bits per heavy atom. The molecule has 0 radical (unpaired) electrons. The molecule has 3 nitrogen and oxygen atoms in total. The maximum atomic E-state index is 11.2. The lowest BCUT2D eigenvalue weighted by molar-refractivity contribution is -0.116. The highest BCUT2D eigenvalue weighted by Gasteiger charge is 2.06. The second-order valence-electron chi connectivity index (χ2n) is 3.91. The van der Waals surface area contributed by atoms with Crippen LogP contribution in [0.15, 0.2) is 30.3 Å². The Balaban J connectivity index is 2.52. The molecule has 0 fully saturated rings. The molecule has 1 amide bonds. The number of rotatable bonds is 1. The first kappa shape index (κ1) is 10.6. The average Bonchev–Trinajstić information content (AvgIpc) is 2.27. The molecule has 0 N–H and O–H groups in total. The van der Waals surface area contributed by atoms with Crippen LogP contribution < -0.4 is 4.90 Å². The monoisotopic (exact) mass is 214 g/mol. The minimum Gasteiger partial charge on any atom is -0.316 e. The molecule has 0 saturated carbocycles. The number of fused-ring (bicyclic) bond motifs is 1. The highest BCUT2D eigenvalue weighted by Crippen LogP contribution is 2.20. The number of carbonyl (C=O) groups is 1. The van der Waals surface area contributed by atoms with Gasteiger partial charge >= 0.3 is 0 Å². The first-order chi connectivity index (χ1) is 7.58. The fourth-order valence-corrected chi connectivity index (χ4v) is 1.61. The zero-order valence-corrected chi connectivity index (χ0v) is 9.69. The lowest BCUT2D eigenvalue weighted by Crippen LogP contribution is -2.22. The largest absolute Gasteiger partial charge is 0.316 e. The zero-order chi connectivity index (χ0) is 11.7. The molecule has 0 saturated heterocycles. The highest BCUT2D eigenvalue weighted by atomic mass is 16.2. The van der Waals surface area contributed by atoms with Crippen LogP contribution in [0.3, 0.4) is 0 Å². The Kier molecular flexibility index (Phi) is 2.60. The molecule has 0 aliphatic rings. The van der Waals surface area contributed by atoms with Crippen molar-refractivity contribution < 1.29 is 4.79 Å². The van der Waals surface area contributed by atoms with E-state index in [0.29, 0.717) is 0 Å². The molecule has 2 aromatic rings. The van der Waals surface area contributed by atoms with Crippen LogP contribution in [-0.4, -0.2) is 17.9 Å². The predicted molar refractivity (Wildman–Crippen MR) is 65.6 cm³/mol. The van der Waals surface area contributed by atoms with Gasteiger partial charge in [0.25, 0.3) is 0 Å². The van der Waals surface area contributed by atoms with E-state index in [4.69, 9.17) is 0 Å². The van der Waals surface area contributed by atoms with Crippen molar-refractivity contribution in [2.45, 2.75) is 13.8 Å². The fourth-order valence-electron chi connectivity index (χ4n) is 1.61. The van der Waals surface area contributed by atoms with Crippen molar-refractivity contribution in [1.82, 2.24) is 4.98 Å². The number of hydrogen-bond acceptors (Lipinski definition) is 2. The molecule has 82 valence electrons. The number of aromatic nitrogens is 1. The molecule has 0 unspecified atom stereocenters. The quantitative estimate of drug-likeness (QED) is 0.730.